The summed E-state index contributed by atoms with van der Waals surface area (Å²) in [5.74, 6) is 0. The molecule has 0 radical (unpaired) electrons. The highest BCUT2D eigenvalue weighted by atomic mass is 15.1. The Kier molecular flexibility index (Phi) is 10.7. The number of rotatable bonds is 7. The van der Waals surface area contributed by atoms with Crippen molar-refractivity contribution >= 4 is 34.1 Å². The van der Waals surface area contributed by atoms with Crippen molar-refractivity contribution in [1.82, 2.24) is 0 Å². The first kappa shape index (κ1) is 50.8. The summed E-state index contributed by atoms with van der Waals surface area (Å²) in [5, 5.41) is 0. The summed E-state index contributed by atoms with van der Waals surface area (Å²) in [7, 11) is 0. The lowest BCUT2D eigenvalue weighted by atomic mass is 9.52. The molecule has 0 aliphatic heterocycles. The number of hydrogen-bond donors (Lipinski definition) is 0. The van der Waals surface area contributed by atoms with Crippen LogP contribution in [-0.4, -0.2) is 0 Å². The molecule has 0 unspecified atom stereocenters. The third kappa shape index (κ3) is 6.67. The normalized spacial score (nSPS) is 17.4. The molecule has 0 amide bonds. The molecule has 5 aliphatic rings. The summed E-state index contributed by atoms with van der Waals surface area (Å²) in [4.78, 5) is 4.91. The van der Waals surface area contributed by atoms with Gasteiger partial charge in [0.2, 0.25) is 0 Å². The maximum absolute atomic E-state index is 2.54. The van der Waals surface area contributed by atoms with E-state index in [9.17, 15) is 0 Å². The lowest BCUT2D eigenvalue weighted by Crippen LogP contribution is -2.43. The van der Waals surface area contributed by atoms with Crippen LogP contribution in [0, 0.1) is 0 Å². The van der Waals surface area contributed by atoms with Crippen LogP contribution in [0.15, 0.2) is 303 Å². The van der Waals surface area contributed by atoms with Crippen LogP contribution in [0.5, 0.6) is 0 Å². The molecular formula is C86H62N2. The third-order valence-electron chi connectivity index (χ3n) is 20.9. The lowest BCUT2D eigenvalue weighted by Gasteiger charge is -2.49. The largest absolute Gasteiger partial charge is 0.310 e. The van der Waals surface area contributed by atoms with Gasteiger partial charge in [-0.3, -0.25) is 0 Å². The zero-order valence-corrected chi connectivity index (χ0v) is 49.8. The minimum atomic E-state index is -0.654. The number of fused-ring (bicyclic) bond motifs is 22. The number of benzene rings is 13. The van der Waals surface area contributed by atoms with E-state index in [4.69, 9.17) is 0 Å². The predicted molar refractivity (Wildman–Crippen MR) is 365 cm³/mol. The second kappa shape index (κ2) is 18.5. The number of nitrogens with zero attached hydrogens (tertiary/aromatic N) is 2. The fraction of sp³-hybridized carbons (Fsp3) is 0.0930. The van der Waals surface area contributed by atoms with E-state index in [-0.39, 0.29) is 10.8 Å². The van der Waals surface area contributed by atoms with Crippen LogP contribution in [0.2, 0.25) is 0 Å². The van der Waals surface area contributed by atoms with Gasteiger partial charge in [0.1, 0.15) is 0 Å². The first-order chi connectivity index (χ1) is 43.2. The molecule has 2 nitrogen and oxygen atoms in total. The van der Waals surface area contributed by atoms with Crippen molar-refractivity contribution in [3.63, 3.8) is 0 Å². The Balaban J connectivity index is 0.808. The Morgan fingerprint density at radius 1 is 0.193 bits per heavy atom. The average Bonchev–Trinajstić information content (AvgIpc) is 1.41. The van der Waals surface area contributed by atoms with E-state index < -0.39 is 10.8 Å². The molecule has 88 heavy (non-hydrogen) atoms. The Morgan fingerprint density at radius 2 is 0.489 bits per heavy atom. The second-order valence-corrected chi connectivity index (χ2v) is 25.8. The standard InChI is InChI=1S/C86H62N2/c1-83(2)70-33-15-11-28-63(70)66-49-46-59(52-79(66)83)87(56-24-7-5-8-25-56)58-44-42-55(43-45-58)62-32-23-41-78-82(62)69-31-14-18-36-73(69)85(78)74-37-19-21-39-76(74)86(77-40-22-20-38-75(77)85)72-35-17-13-30-65(72)68-51-48-61(54-81(68)86)88(57-26-9-6-10-27-57)60-47-50-67-64-29-12-16-34-71(64)84(3,4)80(67)53-60/h5-54H,1-4H3. The minimum Gasteiger partial charge on any atom is -0.310 e. The molecule has 13 aromatic rings. The van der Waals surface area contributed by atoms with E-state index in [2.05, 4.69) is 341 Å². The maximum atomic E-state index is 2.54. The van der Waals surface area contributed by atoms with Crippen LogP contribution in [0.1, 0.15) is 94.5 Å². The molecule has 0 heterocycles. The number of hydrogen-bond acceptors (Lipinski definition) is 2. The SMILES string of the molecule is CC1(C)c2ccccc2-c2ccc(N(c3ccccc3)c3ccc(-c4cccc5c4-c4ccccc4C54c5ccccc5C5(c6ccccc6-c6ccc(N(c7ccccc7)c7ccc8c(c7)C(C)(C)c7ccccc7-8)cc65)c5ccccc54)cc3)cc21. The van der Waals surface area contributed by atoms with Gasteiger partial charge in [-0.1, -0.05) is 258 Å². The molecule has 0 atom stereocenters. The van der Waals surface area contributed by atoms with E-state index in [1.54, 1.807) is 0 Å². The molecule has 0 saturated heterocycles. The Hall–Kier alpha value is -10.5. The van der Waals surface area contributed by atoms with Crippen LogP contribution in [0.3, 0.4) is 0 Å². The fourth-order valence-corrected chi connectivity index (χ4v) is 17.2. The van der Waals surface area contributed by atoms with Crippen LogP contribution < -0.4 is 9.80 Å². The van der Waals surface area contributed by atoms with Gasteiger partial charge in [0.25, 0.3) is 0 Å². The molecule has 416 valence electrons. The molecule has 0 saturated carbocycles. The maximum Gasteiger partial charge on any atom is 0.0720 e. The van der Waals surface area contributed by atoms with Gasteiger partial charge in [-0.25, -0.2) is 0 Å². The van der Waals surface area contributed by atoms with Crippen molar-refractivity contribution in [1.29, 1.82) is 0 Å². The minimum absolute atomic E-state index is 0.120. The highest BCUT2D eigenvalue weighted by Crippen LogP contribution is 2.69. The van der Waals surface area contributed by atoms with Crippen molar-refractivity contribution in [2.45, 2.75) is 49.4 Å². The summed E-state index contributed by atoms with van der Waals surface area (Å²) >= 11 is 0. The summed E-state index contributed by atoms with van der Waals surface area (Å²) in [6, 6.07) is 115. The summed E-state index contributed by atoms with van der Waals surface area (Å²) < 4.78 is 0. The molecule has 0 N–H and O–H groups in total. The zero-order valence-electron chi connectivity index (χ0n) is 49.8. The highest BCUT2D eigenvalue weighted by molar-refractivity contribution is 6.00. The van der Waals surface area contributed by atoms with Crippen LogP contribution >= 0.6 is 0 Å². The third-order valence-corrected chi connectivity index (χ3v) is 20.9. The first-order valence-electron chi connectivity index (χ1n) is 31.2. The lowest BCUT2D eigenvalue weighted by molar-refractivity contribution is 0.633. The van der Waals surface area contributed by atoms with Gasteiger partial charge < -0.3 is 9.80 Å². The van der Waals surface area contributed by atoms with Gasteiger partial charge in [0.05, 0.1) is 10.8 Å². The van der Waals surface area contributed by atoms with E-state index in [0.717, 1.165) is 34.1 Å². The number of para-hydroxylation sites is 2. The Bertz CT molecular complexity index is 5000. The van der Waals surface area contributed by atoms with Gasteiger partial charge in [0.15, 0.2) is 0 Å². The summed E-state index contributed by atoms with van der Waals surface area (Å²) in [6.45, 7) is 9.49. The Labute approximate surface area is 516 Å². The topological polar surface area (TPSA) is 6.48 Å². The van der Waals surface area contributed by atoms with Crippen molar-refractivity contribution in [3.8, 4) is 55.6 Å². The van der Waals surface area contributed by atoms with Crippen molar-refractivity contribution in [2.24, 2.45) is 0 Å². The molecule has 0 aromatic heterocycles. The van der Waals surface area contributed by atoms with Crippen molar-refractivity contribution in [2.75, 3.05) is 9.80 Å². The summed E-state index contributed by atoms with van der Waals surface area (Å²) in [5.41, 5.74) is 34.1. The van der Waals surface area contributed by atoms with Crippen molar-refractivity contribution in [3.05, 3.63) is 370 Å². The van der Waals surface area contributed by atoms with Gasteiger partial charge in [0, 0.05) is 45.0 Å². The van der Waals surface area contributed by atoms with Gasteiger partial charge in [-0.05, 0) is 195 Å². The molecule has 0 bridgehead atoms. The molecule has 2 spiro atoms. The number of anilines is 6. The fourth-order valence-electron chi connectivity index (χ4n) is 17.2. The van der Waals surface area contributed by atoms with E-state index >= 15 is 0 Å². The summed E-state index contributed by atoms with van der Waals surface area (Å²) in [6.07, 6.45) is 0. The van der Waals surface area contributed by atoms with E-state index in [1.807, 2.05) is 0 Å². The van der Waals surface area contributed by atoms with Crippen molar-refractivity contribution < 1.29 is 0 Å². The smallest absolute Gasteiger partial charge is 0.0720 e. The molecule has 0 fully saturated rings. The highest BCUT2D eigenvalue weighted by Gasteiger charge is 2.59. The van der Waals surface area contributed by atoms with E-state index in [0.29, 0.717) is 0 Å². The molecule has 13 aromatic carbocycles. The zero-order chi connectivity index (χ0) is 58.7. The van der Waals surface area contributed by atoms with Crippen LogP contribution in [0.4, 0.5) is 34.1 Å². The molecular weight excluding hydrogens is 1060 g/mol. The van der Waals surface area contributed by atoms with Crippen LogP contribution in [-0.2, 0) is 21.7 Å². The monoisotopic (exact) mass is 1120 g/mol. The molecule has 2 heteroatoms. The van der Waals surface area contributed by atoms with E-state index in [1.165, 1.54) is 122 Å². The van der Waals surface area contributed by atoms with Gasteiger partial charge >= 0.3 is 0 Å². The van der Waals surface area contributed by atoms with Crippen LogP contribution in [0.25, 0.3) is 55.6 Å². The molecule has 5 aliphatic carbocycles. The Morgan fingerprint density at radius 3 is 0.966 bits per heavy atom. The molecule has 18 rings (SSSR count). The van der Waals surface area contributed by atoms with Gasteiger partial charge in [-0.15, -0.1) is 0 Å². The second-order valence-electron chi connectivity index (χ2n) is 25.8. The quantitative estimate of drug-likeness (QED) is 0.157. The predicted octanol–water partition coefficient (Wildman–Crippen LogP) is 21.9. The first-order valence-corrected chi connectivity index (χ1v) is 31.2. The van der Waals surface area contributed by atoms with Gasteiger partial charge in [-0.2, -0.15) is 0 Å². The average molecular weight is 1120 g/mol.